The summed E-state index contributed by atoms with van der Waals surface area (Å²) < 4.78 is 18.9. The van der Waals surface area contributed by atoms with Crippen LogP contribution in [-0.2, 0) is 16.1 Å². The molecule has 1 amide bonds. The van der Waals surface area contributed by atoms with E-state index in [0.717, 1.165) is 12.1 Å². The van der Waals surface area contributed by atoms with Crippen molar-refractivity contribution in [2.45, 2.75) is 19.0 Å². The monoisotopic (exact) mass is 366 g/mol. The minimum Gasteiger partial charge on any atom is -0.378 e. The fourth-order valence-electron chi connectivity index (χ4n) is 1.91. The first-order valence-corrected chi connectivity index (χ1v) is 6.96. The van der Waals surface area contributed by atoms with Crippen molar-refractivity contribution in [3.05, 3.63) is 34.1 Å². The molecular formula is C13H17BrClFN2O2. The Morgan fingerprint density at radius 3 is 3.00 bits per heavy atom. The highest BCUT2D eigenvalue weighted by Crippen LogP contribution is 2.17. The van der Waals surface area contributed by atoms with Gasteiger partial charge in [-0.05, 0) is 17.7 Å². The van der Waals surface area contributed by atoms with E-state index in [1.54, 1.807) is 6.07 Å². The van der Waals surface area contributed by atoms with Crippen LogP contribution in [-0.4, -0.2) is 31.7 Å². The van der Waals surface area contributed by atoms with Crippen LogP contribution in [0.25, 0.3) is 0 Å². The molecule has 112 valence electrons. The minimum absolute atomic E-state index is 0. The molecule has 1 fully saturated rings. The number of morpholine rings is 1. The number of amides is 1. The molecule has 1 heterocycles. The summed E-state index contributed by atoms with van der Waals surface area (Å²) in [7, 11) is 0. The van der Waals surface area contributed by atoms with Crippen LogP contribution in [0.2, 0.25) is 0 Å². The number of carbonyl (C=O) groups excluding carboxylic acids is 1. The molecule has 1 atom stereocenters. The molecule has 1 saturated heterocycles. The summed E-state index contributed by atoms with van der Waals surface area (Å²) in [5, 5.41) is 6.04. The van der Waals surface area contributed by atoms with Gasteiger partial charge < -0.3 is 15.4 Å². The van der Waals surface area contributed by atoms with Gasteiger partial charge in [-0.3, -0.25) is 4.79 Å². The third kappa shape index (κ3) is 5.36. The van der Waals surface area contributed by atoms with Crippen LogP contribution in [0.1, 0.15) is 12.0 Å². The Hall–Kier alpha value is -0.690. The number of hydrogen-bond donors (Lipinski definition) is 2. The summed E-state index contributed by atoms with van der Waals surface area (Å²) in [6.45, 7) is 2.42. The number of nitrogens with one attached hydrogen (secondary N) is 2. The second kappa shape index (κ2) is 8.56. The maximum absolute atomic E-state index is 12.9. The van der Waals surface area contributed by atoms with Crippen molar-refractivity contribution in [2.24, 2.45) is 0 Å². The molecule has 4 nitrogen and oxygen atoms in total. The van der Waals surface area contributed by atoms with Gasteiger partial charge in [0.2, 0.25) is 5.91 Å². The molecule has 1 aromatic carbocycles. The fraction of sp³-hybridized carbons (Fsp3) is 0.462. The van der Waals surface area contributed by atoms with Crippen LogP contribution in [0.3, 0.4) is 0 Å². The van der Waals surface area contributed by atoms with Gasteiger partial charge in [0.25, 0.3) is 0 Å². The number of hydrogen-bond acceptors (Lipinski definition) is 3. The van der Waals surface area contributed by atoms with Crippen molar-refractivity contribution in [2.75, 3.05) is 19.8 Å². The van der Waals surface area contributed by atoms with Crippen molar-refractivity contribution in [3.8, 4) is 0 Å². The van der Waals surface area contributed by atoms with Gasteiger partial charge in [0, 0.05) is 30.0 Å². The molecule has 1 aliphatic rings. The summed E-state index contributed by atoms with van der Waals surface area (Å²) in [6, 6.07) is 4.49. The largest absolute Gasteiger partial charge is 0.378 e. The van der Waals surface area contributed by atoms with Crippen LogP contribution < -0.4 is 10.6 Å². The SMILES string of the molecule is Cl.O=C(CC1COCCN1)NCc1ccc(F)cc1Br. The Morgan fingerprint density at radius 2 is 2.35 bits per heavy atom. The average Bonchev–Trinajstić information content (AvgIpc) is 2.39. The van der Waals surface area contributed by atoms with Gasteiger partial charge in [-0.2, -0.15) is 0 Å². The lowest BCUT2D eigenvalue weighted by Crippen LogP contribution is -2.44. The quantitative estimate of drug-likeness (QED) is 0.856. The molecule has 1 aliphatic heterocycles. The van der Waals surface area contributed by atoms with Crippen LogP contribution >= 0.6 is 28.3 Å². The first kappa shape index (κ1) is 17.4. The summed E-state index contributed by atoms with van der Waals surface area (Å²) in [5.74, 6) is -0.343. The van der Waals surface area contributed by atoms with Gasteiger partial charge in [-0.25, -0.2) is 4.39 Å². The molecule has 1 aromatic rings. The molecule has 20 heavy (non-hydrogen) atoms. The van der Waals surface area contributed by atoms with E-state index < -0.39 is 0 Å². The van der Waals surface area contributed by atoms with E-state index in [4.69, 9.17) is 4.74 Å². The Kier molecular flexibility index (Phi) is 7.43. The number of ether oxygens (including phenoxy) is 1. The number of halogens is 3. The zero-order valence-electron chi connectivity index (χ0n) is 10.8. The normalized spacial score (nSPS) is 18.2. The lowest BCUT2D eigenvalue weighted by Gasteiger charge is -2.23. The summed E-state index contributed by atoms with van der Waals surface area (Å²) in [4.78, 5) is 11.8. The third-order valence-electron chi connectivity index (χ3n) is 2.92. The van der Waals surface area contributed by atoms with E-state index >= 15 is 0 Å². The molecule has 2 rings (SSSR count). The zero-order chi connectivity index (χ0) is 13.7. The smallest absolute Gasteiger partial charge is 0.221 e. The van der Waals surface area contributed by atoms with Gasteiger partial charge >= 0.3 is 0 Å². The van der Waals surface area contributed by atoms with E-state index in [2.05, 4.69) is 26.6 Å². The van der Waals surface area contributed by atoms with Crippen LogP contribution in [0, 0.1) is 5.82 Å². The summed E-state index contributed by atoms with van der Waals surface area (Å²) in [5.41, 5.74) is 0.850. The van der Waals surface area contributed by atoms with Gasteiger partial charge in [0.15, 0.2) is 0 Å². The van der Waals surface area contributed by atoms with Crippen molar-refractivity contribution in [3.63, 3.8) is 0 Å². The van der Waals surface area contributed by atoms with Crippen LogP contribution in [0.4, 0.5) is 4.39 Å². The molecule has 0 radical (unpaired) electrons. The van der Waals surface area contributed by atoms with Crippen molar-refractivity contribution < 1.29 is 13.9 Å². The molecule has 2 N–H and O–H groups in total. The van der Waals surface area contributed by atoms with E-state index in [1.807, 2.05) is 0 Å². The molecule has 0 aliphatic carbocycles. The van der Waals surface area contributed by atoms with Gasteiger partial charge in [0.1, 0.15) is 5.82 Å². The fourth-order valence-corrected chi connectivity index (χ4v) is 2.40. The predicted octanol–water partition coefficient (Wildman–Crippen LogP) is 2.00. The second-order valence-corrected chi connectivity index (χ2v) is 5.30. The van der Waals surface area contributed by atoms with Crippen molar-refractivity contribution in [1.29, 1.82) is 0 Å². The number of carbonyl (C=O) groups is 1. The van der Waals surface area contributed by atoms with E-state index in [1.165, 1.54) is 12.1 Å². The average molecular weight is 368 g/mol. The Labute approximate surface area is 132 Å². The molecule has 0 spiro atoms. The highest BCUT2D eigenvalue weighted by atomic mass is 79.9. The highest BCUT2D eigenvalue weighted by molar-refractivity contribution is 9.10. The molecule has 1 unspecified atom stereocenters. The Balaban J connectivity index is 0.00000200. The van der Waals surface area contributed by atoms with Crippen molar-refractivity contribution >= 4 is 34.2 Å². The van der Waals surface area contributed by atoms with E-state index in [-0.39, 0.29) is 30.2 Å². The second-order valence-electron chi connectivity index (χ2n) is 4.44. The summed E-state index contributed by atoms with van der Waals surface area (Å²) >= 11 is 3.27. The molecular weight excluding hydrogens is 351 g/mol. The Morgan fingerprint density at radius 1 is 1.55 bits per heavy atom. The first-order valence-electron chi connectivity index (χ1n) is 6.17. The number of rotatable bonds is 4. The van der Waals surface area contributed by atoms with E-state index in [0.29, 0.717) is 30.7 Å². The predicted molar refractivity (Wildman–Crippen MR) is 80.4 cm³/mol. The van der Waals surface area contributed by atoms with Crippen LogP contribution in [0.15, 0.2) is 22.7 Å². The molecule has 0 saturated carbocycles. The molecule has 0 aromatic heterocycles. The zero-order valence-corrected chi connectivity index (χ0v) is 13.2. The topological polar surface area (TPSA) is 50.4 Å². The lowest BCUT2D eigenvalue weighted by atomic mass is 10.1. The summed E-state index contributed by atoms with van der Waals surface area (Å²) in [6.07, 6.45) is 0.388. The molecule has 0 bridgehead atoms. The maximum Gasteiger partial charge on any atom is 0.221 e. The van der Waals surface area contributed by atoms with Gasteiger partial charge in [0.05, 0.1) is 13.2 Å². The van der Waals surface area contributed by atoms with Crippen LogP contribution in [0.5, 0.6) is 0 Å². The van der Waals surface area contributed by atoms with Gasteiger partial charge in [-0.15, -0.1) is 12.4 Å². The first-order chi connectivity index (χ1) is 9.15. The molecule has 7 heteroatoms. The standard InChI is InChI=1S/C13H16BrFN2O2.ClH/c14-12-5-10(15)2-1-9(12)7-17-13(18)6-11-8-19-4-3-16-11;/h1-2,5,11,16H,3-4,6-8H2,(H,17,18);1H. The minimum atomic E-state index is -0.300. The lowest BCUT2D eigenvalue weighted by molar-refractivity contribution is -0.122. The maximum atomic E-state index is 12.9. The van der Waals surface area contributed by atoms with Crippen molar-refractivity contribution in [1.82, 2.24) is 10.6 Å². The number of benzene rings is 1. The third-order valence-corrected chi connectivity index (χ3v) is 3.66. The van der Waals surface area contributed by atoms with E-state index in [9.17, 15) is 9.18 Å². The van der Waals surface area contributed by atoms with Gasteiger partial charge in [-0.1, -0.05) is 22.0 Å². The Bertz CT molecular complexity index is 456. The highest BCUT2D eigenvalue weighted by Gasteiger charge is 2.16.